The van der Waals surface area contributed by atoms with Crippen LogP contribution in [0, 0.1) is 5.92 Å². The third kappa shape index (κ3) is 4.93. The van der Waals surface area contributed by atoms with Crippen molar-refractivity contribution in [2.75, 3.05) is 40.8 Å². The fraction of sp³-hybridized carbons (Fsp3) is 0.652. The Labute approximate surface area is 169 Å². The molecule has 154 valence electrons. The molecule has 0 spiro atoms. The molecule has 1 saturated carbocycles. The molecular weight excluding hydrogens is 350 g/mol. The predicted octanol–water partition coefficient (Wildman–Crippen LogP) is 3.51. The maximum Gasteiger partial charge on any atom is 0.254 e. The highest BCUT2D eigenvalue weighted by Gasteiger charge is 2.35. The largest absolute Gasteiger partial charge is 0.342 e. The van der Waals surface area contributed by atoms with Gasteiger partial charge in [0, 0.05) is 37.3 Å². The Balaban J connectivity index is 1.61. The first-order chi connectivity index (χ1) is 13.5. The van der Waals surface area contributed by atoms with Crippen LogP contribution in [0.3, 0.4) is 0 Å². The van der Waals surface area contributed by atoms with Crippen LogP contribution < -0.4 is 0 Å². The lowest BCUT2D eigenvalue weighted by atomic mass is 9.78. The van der Waals surface area contributed by atoms with Crippen LogP contribution in [0.25, 0.3) is 0 Å². The van der Waals surface area contributed by atoms with Gasteiger partial charge < -0.3 is 14.7 Å². The molecule has 28 heavy (non-hydrogen) atoms. The Bertz CT molecular complexity index is 669. The minimum Gasteiger partial charge on any atom is -0.342 e. The minimum absolute atomic E-state index is 0.0167. The van der Waals surface area contributed by atoms with E-state index in [0.29, 0.717) is 23.1 Å². The lowest BCUT2D eigenvalue weighted by Crippen LogP contribution is -2.49. The summed E-state index contributed by atoms with van der Waals surface area (Å²) in [4.78, 5) is 31.7. The normalized spacial score (nSPS) is 22.1. The van der Waals surface area contributed by atoms with Gasteiger partial charge in [-0.25, -0.2) is 0 Å². The molecular formula is C23H35N3O2. The Kier molecular flexibility index (Phi) is 7.11. The van der Waals surface area contributed by atoms with Crippen molar-refractivity contribution in [2.24, 2.45) is 5.92 Å². The average Bonchev–Trinajstić information content (AvgIpc) is 2.72. The summed E-state index contributed by atoms with van der Waals surface area (Å²) in [6.07, 6.45) is 8.28. The van der Waals surface area contributed by atoms with Crippen LogP contribution in [0.15, 0.2) is 24.3 Å². The summed E-state index contributed by atoms with van der Waals surface area (Å²) in [6, 6.07) is 7.69. The third-order valence-corrected chi connectivity index (χ3v) is 6.33. The first kappa shape index (κ1) is 20.8. The zero-order chi connectivity index (χ0) is 20.1. The zero-order valence-electron chi connectivity index (χ0n) is 17.7. The number of hydrogen-bond acceptors (Lipinski definition) is 3. The molecule has 0 N–H and O–H groups in total. The second-order valence-corrected chi connectivity index (χ2v) is 8.71. The summed E-state index contributed by atoms with van der Waals surface area (Å²) < 4.78 is 0. The molecule has 1 aromatic carbocycles. The van der Waals surface area contributed by atoms with Crippen LogP contribution in [0.2, 0.25) is 0 Å². The monoisotopic (exact) mass is 385 g/mol. The van der Waals surface area contributed by atoms with Crippen molar-refractivity contribution in [1.29, 1.82) is 0 Å². The quantitative estimate of drug-likeness (QED) is 0.753. The van der Waals surface area contributed by atoms with E-state index in [1.807, 2.05) is 33.3 Å². The topological polar surface area (TPSA) is 43.9 Å². The van der Waals surface area contributed by atoms with Crippen molar-refractivity contribution >= 4 is 11.8 Å². The smallest absolute Gasteiger partial charge is 0.254 e. The third-order valence-electron chi connectivity index (χ3n) is 6.33. The number of carbonyl (C=O) groups excluding carboxylic acids is 2. The molecule has 0 bridgehead atoms. The van der Waals surface area contributed by atoms with E-state index >= 15 is 0 Å². The van der Waals surface area contributed by atoms with Gasteiger partial charge in [0.15, 0.2) is 0 Å². The van der Waals surface area contributed by atoms with Crippen molar-refractivity contribution < 1.29 is 9.59 Å². The minimum atomic E-state index is 0.0167. The molecule has 0 radical (unpaired) electrons. The standard InChI is InChI=1S/C23H35N3O2/c1-24(2)15-7-16-25(3)22(27)19-11-13-20(14-12-19)23(28)26-17-6-9-18-8-4-5-10-21(18)26/h11-14,18,21H,4-10,15-17H2,1-3H3/t18-,21?/m1/s1. The Hall–Kier alpha value is -1.88. The number of hydrogen-bond donors (Lipinski definition) is 0. The number of benzene rings is 1. The van der Waals surface area contributed by atoms with Gasteiger partial charge in [-0.05, 0) is 82.9 Å². The lowest BCUT2D eigenvalue weighted by molar-refractivity contribution is 0.0390. The van der Waals surface area contributed by atoms with Gasteiger partial charge in [0.25, 0.3) is 11.8 Å². The average molecular weight is 386 g/mol. The highest BCUT2D eigenvalue weighted by atomic mass is 16.2. The van der Waals surface area contributed by atoms with E-state index in [0.717, 1.165) is 38.9 Å². The summed E-state index contributed by atoms with van der Waals surface area (Å²) in [6.45, 7) is 2.56. The van der Waals surface area contributed by atoms with Crippen molar-refractivity contribution in [3.63, 3.8) is 0 Å². The van der Waals surface area contributed by atoms with Gasteiger partial charge in [-0.1, -0.05) is 12.8 Å². The van der Waals surface area contributed by atoms with Gasteiger partial charge in [0.2, 0.25) is 0 Å². The number of nitrogens with zero attached hydrogens (tertiary/aromatic N) is 3. The molecule has 2 atom stereocenters. The summed E-state index contributed by atoms with van der Waals surface area (Å²) in [5.74, 6) is 0.834. The second kappa shape index (κ2) is 9.55. The van der Waals surface area contributed by atoms with Crippen LogP contribution in [-0.4, -0.2) is 73.3 Å². The molecule has 0 aromatic heterocycles. The van der Waals surface area contributed by atoms with Crippen LogP contribution in [0.5, 0.6) is 0 Å². The SMILES string of the molecule is CN(C)CCCN(C)C(=O)c1ccc(C(=O)N2CCC[C@H]3CCCCC32)cc1. The molecule has 2 fully saturated rings. The van der Waals surface area contributed by atoms with Crippen molar-refractivity contribution in [2.45, 2.75) is 51.0 Å². The maximum absolute atomic E-state index is 13.1. The summed E-state index contributed by atoms with van der Waals surface area (Å²) in [5.41, 5.74) is 1.36. The van der Waals surface area contributed by atoms with Crippen LogP contribution in [0.1, 0.15) is 65.7 Å². The summed E-state index contributed by atoms with van der Waals surface area (Å²) in [5, 5.41) is 0. The highest BCUT2D eigenvalue weighted by Crippen LogP contribution is 2.35. The molecule has 3 rings (SSSR count). The van der Waals surface area contributed by atoms with E-state index in [2.05, 4.69) is 9.80 Å². The molecule has 1 saturated heterocycles. The molecule has 2 aliphatic rings. The van der Waals surface area contributed by atoms with Crippen molar-refractivity contribution in [3.05, 3.63) is 35.4 Å². The highest BCUT2D eigenvalue weighted by molar-refractivity contribution is 5.98. The fourth-order valence-corrected chi connectivity index (χ4v) is 4.74. The first-order valence-corrected chi connectivity index (χ1v) is 10.8. The fourth-order valence-electron chi connectivity index (χ4n) is 4.74. The number of amides is 2. The zero-order valence-corrected chi connectivity index (χ0v) is 17.7. The van der Waals surface area contributed by atoms with Gasteiger partial charge in [-0.3, -0.25) is 9.59 Å². The number of fused-ring (bicyclic) bond motifs is 1. The molecule has 5 nitrogen and oxygen atoms in total. The Morgan fingerprint density at radius 1 is 0.929 bits per heavy atom. The number of carbonyl (C=O) groups is 2. The number of rotatable bonds is 6. The Morgan fingerprint density at radius 2 is 1.57 bits per heavy atom. The van der Waals surface area contributed by atoms with Crippen LogP contribution in [0.4, 0.5) is 0 Å². The van der Waals surface area contributed by atoms with Gasteiger partial charge in [0.1, 0.15) is 0 Å². The van der Waals surface area contributed by atoms with Crippen LogP contribution in [-0.2, 0) is 0 Å². The van der Waals surface area contributed by atoms with Gasteiger partial charge >= 0.3 is 0 Å². The summed E-state index contributed by atoms with van der Waals surface area (Å²) in [7, 11) is 5.92. The van der Waals surface area contributed by atoms with E-state index in [1.165, 1.54) is 25.7 Å². The molecule has 5 heteroatoms. The lowest BCUT2D eigenvalue weighted by Gasteiger charge is -2.44. The predicted molar refractivity (Wildman–Crippen MR) is 113 cm³/mol. The molecule has 1 aliphatic carbocycles. The number of likely N-dealkylation sites (tertiary alicyclic amines) is 1. The van der Waals surface area contributed by atoms with Gasteiger partial charge in [0.05, 0.1) is 0 Å². The molecule has 1 unspecified atom stereocenters. The molecule has 2 amide bonds. The maximum atomic E-state index is 13.1. The molecule has 1 aromatic rings. The van der Waals surface area contributed by atoms with Gasteiger partial charge in [-0.15, -0.1) is 0 Å². The molecule has 1 heterocycles. The van der Waals surface area contributed by atoms with E-state index in [9.17, 15) is 9.59 Å². The van der Waals surface area contributed by atoms with Crippen molar-refractivity contribution in [1.82, 2.24) is 14.7 Å². The first-order valence-electron chi connectivity index (χ1n) is 10.8. The molecule has 1 aliphatic heterocycles. The van der Waals surface area contributed by atoms with E-state index < -0.39 is 0 Å². The second-order valence-electron chi connectivity index (χ2n) is 8.71. The van der Waals surface area contributed by atoms with Crippen molar-refractivity contribution in [3.8, 4) is 0 Å². The van der Waals surface area contributed by atoms with Gasteiger partial charge in [-0.2, -0.15) is 0 Å². The summed E-state index contributed by atoms with van der Waals surface area (Å²) >= 11 is 0. The number of piperidine rings is 1. The van der Waals surface area contributed by atoms with E-state index in [4.69, 9.17) is 0 Å². The van der Waals surface area contributed by atoms with E-state index in [-0.39, 0.29) is 11.8 Å². The van der Waals surface area contributed by atoms with Crippen LogP contribution >= 0.6 is 0 Å². The van der Waals surface area contributed by atoms with E-state index in [1.54, 1.807) is 17.0 Å². The Morgan fingerprint density at radius 3 is 2.29 bits per heavy atom.